The number of nitrogens with zero attached hydrogens (tertiary/aromatic N) is 3. The zero-order chi connectivity index (χ0) is 22.1. The van der Waals surface area contributed by atoms with Gasteiger partial charge in [0.2, 0.25) is 0 Å². The standard InChI is InChI=1S/C23H23N3O3S2/c1-5-29-22(28)19-14(2)24-23-26(20(19)15-8-10-16(11-9-15)25(3)4)21(27)18(31-23)13-17-7-6-12-30-17/h6-13,20H,5H2,1-4H3/b18-13+/t20-/m1/s1. The van der Waals surface area contributed by atoms with E-state index < -0.39 is 12.0 Å². The summed E-state index contributed by atoms with van der Waals surface area (Å²) >= 11 is 2.91. The summed E-state index contributed by atoms with van der Waals surface area (Å²) in [4.78, 5) is 34.5. The van der Waals surface area contributed by atoms with Crippen LogP contribution in [-0.2, 0) is 9.53 Å². The molecule has 0 saturated heterocycles. The molecule has 4 rings (SSSR count). The van der Waals surface area contributed by atoms with Crippen LogP contribution in [0.5, 0.6) is 0 Å². The molecular weight excluding hydrogens is 430 g/mol. The van der Waals surface area contributed by atoms with Crippen LogP contribution in [0, 0.1) is 0 Å². The van der Waals surface area contributed by atoms with E-state index in [1.807, 2.05) is 66.8 Å². The van der Waals surface area contributed by atoms with Gasteiger partial charge in [-0.05, 0) is 49.1 Å². The summed E-state index contributed by atoms with van der Waals surface area (Å²) in [6, 6.07) is 11.2. The van der Waals surface area contributed by atoms with Crippen LogP contribution >= 0.6 is 22.7 Å². The highest BCUT2D eigenvalue weighted by Crippen LogP contribution is 2.31. The van der Waals surface area contributed by atoms with Crippen molar-refractivity contribution in [3.05, 3.63) is 83.2 Å². The van der Waals surface area contributed by atoms with Crippen molar-refractivity contribution in [2.75, 3.05) is 25.6 Å². The van der Waals surface area contributed by atoms with Gasteiger partial charge in [-0.15, -0.1) is 11.3 Å². The van der Waals surface area contributed by atoms with E-state index in [1.165, 1.54) is 11.3 Å². The van der Waals surface area contributed by atoms with Crippen molar-refractivity contribution in [3.8, 4) is 0 Å². The Hall–Kier alpha value is -2.97. The van der Waals surface area contributed by atoms with Crippen LogP contribution in [0.2, 0.25) is 0 Å². The maximum absolute atomic E-state index is 13.4. The Morgan fingerprint density at radius 3 is 2.61 bits per heavy atom. The summed E-state index contributed by atoms with van der Waals surface area (Å²) in [5, 5.41) is 1.97. The number of aromatic nitrogens is 1. The first-order chi connectivity index (χ1) is 14.9. The molecule has 31 heavy (non-hydrogen) atoms. The van der Waals surface area contributed by atoms with Gasteiger partial charge in [-0.25, -0.2) is 9.79 Å². The predicted octanol–water partition coefficient (Wildman–Crippen LogP) is 2.93. The van der Waals surface area contributed by atoms with Crippen molar-refractivity contribution in [2.24, 2.45) is 4.99 Å². The summed E-state index contributed by atoms with van der Waals surface area (Å²) in [5.41, 5.74) is 2.69. The molecule has 1 aromatic carbocycles. The average Bonchev–Trinajstić information content (AvgIpc) is 3.35. The van der Waals surface area contributed by atoms with Crippen molar-refractivity contribution < 1.29 is 9.53 Å². The second-order valence-corrected chi connectivity index (χ2v) is 9.29. The van der Waals surface area contributed by atoms with Gasteiger partial charge in [-0.3, -0.25) is 9.36 Å². The first-order valence-corrected chi connectivity index (χ1v) is 11.6. The first kappa shape index (κ1) is 21.3. The average molecular weight is 454 g/mol. The van der Waals surface area contributed by atoms with Crippen LogP contribution in [0.4, 0.5) is 5.69 Å². The Kier molecular flexibility index (Phi) is 5.93. The van der Waals surface area contributed by atoms with Gasteiger partial charge >= 0.3 is 5.97 Å². The van der Waals surface area contributed by atoms with E-state index in [0.717, 1.165) is 16.1 Å². The van der Waals surface area contributed by atoms with Crippen LogP contribution in [-0.4, -0.2) is 31.2 Å². The number of thiophene rings is 1. The molecule has 160 valence electrons. The molecule has 0 aliphatic carbocycles. The van der Waals surface area contributed by atoms with Crippen molar-refractivity contribution in [1.82, 2.24) is 4.57 Å². The molecule has 2 aromatic heterocycles. The van der Waals surface area contributed by atoms with Gasteiger partial charge in [0.1, 0.15) is 0 Å². The number of hydrogen-bond donors (Lipinski definition) is 0. The molecule has 8 heteroatoms. The van der Waals surface area contributed by atoms with Crippen LogP contribution in [0.1, 0.15) is 30.3 Å². The van der Waals surface area contributed by atoms with Crippen molar-refractivity contribution in [3.63, 3.8) is 0 Å². The summed E-state index contributed by atoms with van der Waals surface area (Å²) in [7, 11) is 3.94. The topological polar surface area (TPSA) is 63.9 Å². The van der Waals surface area contributed by atoms with Gasteiger partial charge in [-0.2, -0.15) is 0 Å². The van der Waals surface area contributed by atoms with E-state index in [9.17, 15) is 9.59 Å². The van der Waals surface area contributed by atoms with E-state index in [1.54, 1.807) is 29.8 Å². The minimum absolute atomic E-state index is 0.159. The molecule has 0 amide bonds. The van der Waals surface area contributed by atoms with Crippen molar-refractivity contribution in [2.45, 2.75) is 19.9 Å². The van der Waals surface area contributed by atoms with Crippen LogP contribution in [0.15, 0.2) is 62.8 Å². The molecule has 1 aliphatic rings. The van der Waals surface area contributed by atoms with Gasteiger partial charge in [0.25, 0.3) is 5.56 Å². The lowest BCUT2D eigenvalue weighted by molar-refractivity contribution is -0.139. The number of benzene rings is 1. The van der Waals surface area contributed by atoms with Gasteiger partial charge in [-0.1, -0.05) is 29.5 Å². The van der Waals surface area contributed by atoms with Crippen LogP contribution < -0.4 is 19.8 Å². The molecular formula is C23H23N3O3S2. The largest absolute Gasteiger partial charge is 0.463 e. The summed E-state index contributed by atoms with van der Waals surface area (Å²) < 4.78 is 7.54. The normalized spacial score (nSPS) is 16.1. The predicted molar refractivity (Wildman–Crippen MR) is 125 cm³/mol. The van der Waals surface area contributed by atoms with E-state index in [4.69, 9.17) is 4.74 Å². The minimum atomic E-state index is -0.586. The number of thiazole rings is 1. The molecule has 1 atom stereocenters. The molecule has 0 unspecified atom stereocenters. The van der Waals surface area contributed by atoms with Crippen LogP contribution in [0.25, 0.3) is 6.08 Å². The number of carbonyl (C=O) groups is 1. The quantitative estimate of drug-likeness (QED) is 0.558. The molecule has 6 nitrogen and oxygen atoms in total. The van der Waals surface area contributed by atoms with E-state index >= 15 is 0 Å². The van der Waals surface area contributed by atoms with Crippen molar-refractivity contribution >= 4 is 40.4 Å². The summed E-state index contributed by atoms with van der Waals surface area (Å²) in [6.45, 7) is 3.82. The number of carbonyl (C=O) groups excluding carboxylic acids is 1. The Morgan fingerprint density at radius 1 is 1.26 bits per heavy atom. The number of hydrogen-bond acceptors (Lipinski definition) is 7. The zero-order valence-electron chi connectivity index (χ0n) is 17.8. The fraction of sp³-hybridized carbons (Fsp3) is 0.261. The van der Waals surface area contributed by atoms with Crippen molar-refractivity contribution in [1.29, 1.82) is 0 Å². The molecule has 0 saturated carbocycles. The summed E-state index contributed by atoms with van der Waals surface area (Å²) in [6.07, 6.45) is 1.88. The van der Waals surface area contributed by atoms with E-state index in [-0.39, 0.29) is 12.2 Å². The Balaban J connectivity index is 1.94. The molecule has 0 fully saturated rings. The van der Waals surface area contributed by atoms with Gasteiger partial charge in [0.05, 0.1) is 28.5 Å². The lowest BCUT2D eigenvalue weighted by Crippen LogP contribution is -2.39. The first-order valence-electron chi connectivity index (χ1n) is 9.91. The fourth-order valence-corrected chi connectivity index (χ4v) is 5.33. The molecule has 3 aromatic rings. The third-order valence-electron chi connectivity index (χ3n) is 5.06. The SMILES string of the molecule is CCOC(=O)C1=C(C)N=c2s/c(=C/c3cccs3)c(=O)n2[C@@H]1c1ccc(N(C)C)cc1. The number of ether oxygens (including phenoxy) is 1. The molecule has 0 N–H and O–H groups in total. The van der Waals surface area contributed by atoms with E-state index in [0.29, 0.717) is 20.6 Å². The maximum Gasteiger partial charge on any atom is 0.338 e. The lowest BCUT2D eigenvalue weighted by atomic mass is 9.95. The zero-order valence-corrected chi connectivity index (χ0v) is 19.4. The number of fused-ring (bicyclic) bond motifs is 1. The molecule has 0 bridgehead atoms. The third kappa shape index (κ3) is 4.00. The van der Waals surface area contributed by atoms with E-state index in [2.05, 4.69) is 4.99 Å². The highest BCUT2D eigenvalue weighted by atomic mass is 32.1. The Morgan fingerprint density at radius 2 is 2.00 bits per heavy atom. The Bertz CT molecular complexity index is 1310. The van der Waals surface area contributed by atoms with Gasteiger partial charge in [0.15, 0.2) is 4.80 Å². The fourth-order valence-electron chi connectivity index (χ4n) is 3.56. The summed E-state index contributed by atoms with van der Waals surface area (Å²) in [5.74, 6) is -0.446. The second-order valence-electron chi connectivity index (χ2n) is 7.30. The monoisotopic (exact) mass is 453 g/mol. The Labute approximate surface area is 188 Å². The molecule has 0 spiro atoms. The minimum Gasteiger partial charge on any atom is -0.463 e. The maximum atomic E-state index is 13.4. The second kappa shape index (κ2) is 8.64. The number of rotatable bonds is 5. The van der Waals surface area contributed by atoms with Gasteiger partial charge in [0, 0.05) is 24.7 Å². The highest BCUT2D eigenvalue weighted by Gasteiger charge is 2.33. The third-order valence-corrected chi connectivity index (χ3v) is 6.86. The number of esters is 1. The number of anilines is 1. The van der Waals surface area contributed by atoms with Gasteiger partial charge < -0.3 is 9.64 Å². The highest BCUT2D eigenvalue weighted by molar-refractivity contribution is 7.11. The molecule has 0 radical (unpaired) electrons. The molecule has 1 aliphatic heterocycles. The molecule has 3 heterocycles. The lowest BCUT2D eigenvalue weighted by Gasteiger charge is -2.25. The van der Waals surface area contributed by atoms with Crippen LogP contribution in [0.3, 0.4) is 0 Å². The number of allylic oxidation sites excluding steroid dienone is 1. The smallest absolute Gasteiger partial charge is 0.338 e.